The van der Waals surface area contributed by atoms with Crippen molar-refractivity contribution in [2.24, 2.45) is 0 Å². The van der Waals surface area contributed by atoms with Crippen LogP contribution in [0.1, 0.15) is 47.5 Å². The zero-order valence-electron chi connectivity index (χ0n) is 13.8. The van der Waals surface area contributed by atoms with Crippen LogP contribution in [0.25, 0.3) is 21.5 Å². The van der Waals surface area contributed by atoms with Gasteiger partial charge in [-0.15, -0.1) is 0 Å². The molecule has 25 heavy (non-hydrogen) atoms. The summed E-state index contributed by atoms with van der Waals surface area (Å²) in [6, 6.07) is 16.1. The van der Waals surface area contributed by atoms with Crippen molar-refractivity contribution in [1.82, 2.24) is 0 Å². The van der Waals surface area contributed by atoms with Crippen LogP contribution in [0.4, 0.5) is 0 Å². The molecule has 0 heterocycles. The fourth-order valence-corrected chi connectivity index (χ4v) is 3.97. The molecule has 0 fully saturated rings. The Kier molecular flexibility index (Phi) is 3.92. The van der Waals surface area contributed by atoms with E-state index in [1.165, 1.54) is 0 Å². The van der Waals surface area contributed by atoms with Crippen molar-refractivity contribution in [3.63, 3.8) is 0 Å². The third-order valence-electron chi connectivity index (χ3n) is 5.15. The normalized spacial score (nSPS) is 17.0. The lowest BCUT2D eigenvalue weighted by Gasteiger charge is -2.25. The van der Waals surface area contributed by atoms with Crippen molar-refractivity contribution in [1.29, 1.82) is 0 Å². The third kappa shape index (κ3) is 2.56. The molecule has 0 saturated carbocycles. The smallest absolute Gasteiger partial charge is 0.171 e. The van der Waals surface area contributed by atoms with Crippen molar-refractivity contribution < 1.29 is 14.4 Å². The number of ketones is 2. The molecule has 1 aliphatic rings. The Bertz CT molecular complexity index is 1020. The minimum Gasteiger partial charge on any atom is -0.303 e. The van der Waals surface area contributed by atoms with Crippen molar-refractivity contribution in [3.8, 4) is 0 Å². The monoisotopic (exact) mass is 330 g/mol. The van der Waals surface area contributed by atoms with Gasteiger partial charge in [0.15, 0.2) is 5.78 Å². The Balaban J connectivity index is 1.92. The van der Waals surface area contributed by atoms with Crippen LogP contribution >= 0.6 is 0 Å². The Hall–Kier alpha value is -2.81. The molecule has 3 aromatic carbocycles. The van der Waals surface area contributed by atoms with Gasteiger partial charge in [0.25, 0.3) is 0 Å². The Labute approximate surface area is 145 Å². The number of unbranched alkanes of at least 4 members (excludes halogenated alkanes) is 1. The summed E-state index contributed by atoms with van der Waals surface area (Å²) in [5.74, 6) is -0.389. The second kappa shape index (κ2) is 6.25. The molecule has 0 aliphatic heterocycles. The number of carbonyl (C=O) groups excluding carboxylic acids is 3. The van der Waals surface area contributed by atoms with E-state index in [1.807, 2.05) is 36.4 Å². The molecule has 1 atom stereocenters. The van der Waals surface area contributed by atoms with Gasteiger partial charge < -0.3 is 4.79 Å². The van der Waals surface area contributed by atoms with Crippen LogP contribution in [0.3, 0.4) is 0 Å². The summed E-state index contributed by atoms with van der Waals surface area (Å²) in [5, 5.41) is 4.22. The van der Waals surface area contributed by atoms with Gasteiger partial charge in [0.05, 0.1) is 6.42 Å². The molecular formula is C22H18O3. The number of rotatable bonds is 4. The largest absolute Gasteiger partial charge is 0.303 e. The third-order valence-corrected chi connectivity index (χ3v) is 5.15. The molecule has 0 bridgehead atoms. The standard InChI is InChI=1S/C22H18O3/c23-12-4-3-7-17-19-11-10-16-15-6-2-1-5-14(15)8-9-18(16)22(19)21(25)13-20(17)24/h1-2,5-6,8-12,17H,3-4,7,13H2. The quantitative estimate of drug-likeness (QED) is 0.304. The summed E-state index contributed by atoms with van der Waals surface area (Å²) >= 11 is 0. The van der Waals surface area contributed by atoms with Crippen LogP contribution in [-0.4, -0.2) is 17.9 Å². The highest BCUT2D eigenvalue weighted by molar-refractivity contribution is 6.22. The number of carbonyl (C=O) groups is 3. The van der Waals surface area contributed by atoms with Crippen LogP contribution in [0.2, 0.25) is 0 Å². The van der Waals surface area contributed by atoms with E-state index in [9.17, 15) is 14.4 Å². The molecule has 124 valence electrons. The van der Waals surface area contributed by atoms with E-state index in [1.54, 1.807) is 0 Å². The molecule has 0 amide bonds. The van der Waals surface area contributed by atoms with Gasteiger partial charge in [-0.25, -0.2) is 0 Å². The number of hydrogen-bond acceptors (Lipinski definition) is 3. The van der Waals surface area contributed by atoms with Crippen LogP contribution in [-0.2, 0) is 9.59 Å². The molecule has 4 rings (SSSR count). The van der Waals surface area contributed by atoms with Gasteiger partial charge in [0.1, 0.15) is 12.1 Å². The van der Waals surface area contributed by atoms with E-state index in [-0.39, 0.29) is 23.9 Å². The maximum absolute atomic E-state index is 12.6. The minimum atomic E-state index is -0.275. The summed E-state index contributed by atoms with van der Waals surface area (Å²) < 4.78 is 0. The fraction of sp³-hybridized carbons (Fsp3) is 0.227. The molecular weight excluding hydrogens is 312 g/mol. The first kappa shape index (κ1) is 15.7. The lowest BCUT2D eigenvalue weighted by Crippen LogP contribution is -2.25. The summed E-state index contributed by atoms with van der Waals surface area (Å²) in [4.78, 5) is 35.6. The van der Waals surface area contributed by atoms with Crippen LogP contribution < -0.4 is 0 Å². The number of aldehydes is 1. The fourth-order valence-electron chi connectivity index (χ4n) is 3.97. The Morgan fingerprint density at radius 2 is 1.72 bits per heavy atom. The average molecular weight is 330 g/mol. The summed E-state index contributed by atoms with van der Waals surface area (Å²) in [6.45, 7) is 0. The van der Waals surface area contributed by atoms with Gasteiger partial charge in [-0.3, -0.25) is 9.59 Å². The topological polar surface area (TPSA) is 51.2 Å². The highest BCUT2D eigenvalue weighted by Crippen LogP contribution is 2.38. The summed E-state index contributed by atoms with van der Waals surface area (Å²) in [5.41, 5.74) is 1.52. The first-order valence-corrected chi connectivity index (χ1v) is 8.64. The number of hydrogen-bond donors (Lipinski definition) is 0. The van der Waals surface area contributed by atoms with Gasteiger partial charge in [-0.05, 0) is 39.9 Å². The Morgan fingerprint density at radius 3 is 2.56 bits per heavy atom. The van der Waals surface area contributed by atoms with Crippen LogP contribution in [0.15, 0.2) is 48.5 Å². The molecule has 0 N–H and O–H groups in total. The minimum absolute atomic E-state index is 0.0245. The van der Waals surface area contributed by atoms with E-state index in [0.717, 1.165) is 33.4 Å². The van der Waals surface area contributed by atoms with Gasteiger partial charge in [-0.2, -0.15) is 0 Å². The molecule has 0 saturated heterocycles. The predicted octanol–water partition coefficient (Wildman–Crippen LogP) is 4.60. The number of benzene rings is 3. The zero-order valence-corrected chi connectivity index (χ0v) is 13.8. The maximum Gasteiger partial charge on any atom is 0.171 e. The molecule has 0 radical (unpaired) electrons. The lowest BCUT2D eigenvalue weighted by molar-refractivity contribution is -0.120. The van der Waals surface area contributed by atoms with Crippen molar-refractivity contribution in [2.75, 3.05) is 0 Å². The van der Waals surface area contributed by atoms with Gasteiger partial charge in [0, 0.05) is 17.9 Å². The molecule has 0 aromatic heterocycles. The molecule has 3 aromatic rings. The second-order valence-electron chi connectivity index (χ2n) is 6.63. The van der Waals surface area contributed by atoms with Crippen molar-refractivity contribution >= 4 is 39.4 Å². The second-order valence-corrected chi connectivity index (χ2v) is 6.63. The summed E-state index contributed by atoms with van der Waals surface area (Å²) in [6.07, 6.45) is 2.59. The molecule has 1 aliphatic carbocycles. The predicted molar refractivity (Wildman–Crippen MR) is 98.1 cm³/mol. The number of Topliss-reactive ketones (excluding diaryl/α,β-unsaturated/α-hetero) is 2. The highest BCUT2D eigenvalue weighted by atomic mass is 16.1. The lowest BCUT2D eigenvalue weighted by atomic mass is 9.76. The van der Waals surface area contributed by atoms with E-state index in [2.05, 4.69) is 12.1 Å². The first-order valence-electron chi connectivity index (χ1n) is 8.64. The SMILES string of the molecule is O=CCCCC1C(=O)CC(=O)c2c1ccc1c2ccc2ccccc21. The van der Waals surface area contributed by atoms with Crippen LogP contribution in [0, 0.1) is 0 Å². The molecule has 1 unspecified atom stereocenters. The van der Waals surface area contributed by atoms with E-state index in [4.69, 9.17) is 0 Å². The number of fused-ring (bicyclic) bond motifs is 5. The molecule has 3 heteroatoms. The van der Waals surface area contributed by atoms with Crippen molar-refractivity contribution in [2.45, 2.75) is 31.6 Å². The molecule has 3 nitrogen and oxygen atoms in total. The van der Waals surface area contributed by atoms with Crippen LogP contribution in [0.5, 0.6) is 0 Å². The Morgan fingerprint density at radius 1 is 0.920 bits per heavy atom. The van der Waals surface area contributed by atoms with E-state index >= 15 is 0 Å². The average Bonchev–Trinajstić information content (AvgIpc) is 2.63. The van der Waals surface area contributed by atoms with E-state index in [0.29, 0.717) is 24.8 Å². The molecule has 0 spiro atoms. The zero-order chi connectivity index (χ0) is 17.4. The van der Waals surface area contributed by atoms with Gasteiger partial charge in [0.2, 0.25) is 0 Å². The van der Waals surface area contributed by atoms with Gasteiger partial charge >= 0.3 is 0 Å². The first-order chi connectivity index (χ1) is 12.2. The maximum atomic E-state index is 12.6. The van der Waals surface area contributed by atoms with Gasteiger partial charge in [-0.1, -0.05) is 48.5 Å². The highest BCUT2D eigenvalue weighted by Gasteiger charge is 2.33. The summed E-state index contributed by atoms with van der Waals surface area (Å²) in [7, 11) is 0. The van der Waals surface area contributed by atoms with Crippen molar-refractivity contribution in [3.05, 3.63) is 59.7 Å². The van der Waals surface area contributed by atoms with E-state index < -0.39 is 0 Å².